The van der Waals surface area contributed by atoms with E-state index in [1.807, 2.05) is 6.07 Å². The number of ether oxygens (including phenoxy) is 1. The Labute approximate surface area is 105 Å². The van der Waals surface area contributed by atoms with Gasteiger partial charge in [-0.15, -0.1) is 0 Å². The van der Waals surface area contributed by atoms with E-state index in [2.05, 4.69) is 27.6 Å². The van der Waals surface area contributed by atoms with Gasteiger partial charge in [-0.1, -0.05) is 17.3 Å². The Morgan fingerprint density at radius 3 is 3.11 bits per heavy atom. The Balaban J connectivity index is 1.57. The average Bonchev–Trinajstić information content (AvgIpc) is 2.97. The highest BCUT2D eigenvalue weighted by Crippen LogP contribution is 2.25. The summed E-state index contributed by atoms with van der Waals surface area (Å²) in [6, 6.07) is 6.31. The van der Waals surface area contributed by atoms with Gasteiger partial charge in [0.25, 0.3) is 0 Å². The van der Waals surface area contributed by atoms with E-state index in [9.17, 15) is 0 Å². The number of aryl methyl sites for hydroxylation is 1. The summed E-state index contributed by atoms with van der Waals surface area (Å²) in [6.07, 6.45) is 1.01. The molecule has 0 spiro atoms. The maximum absolute atomic E-state index is 5.48. The first-order valence-electron chi connectivity index (χ1n) is 6.06. The topological polar surface area (TPSA) is 60.2 Å². The molecular weight excluding hydrogens is 230 g/mol. The van der Waals surface area contributed by atoms with Crippen molar-refractivity contribution in [2.45, 2.75) is 26.4 Å². The number of hydrogen-bond donors (Lipinski definition) is 1. The summed E-state index contributed by atoms with van der Waals surface area (Å²) in [7, 11) is 0. The largest absolute Gasteiger partial charge is 0.493 e. The van der Waals surface area contributed by atoms with E-state index in [1.54, 1.807) is 6.92 Å². The van der Waals surface area contributed by atoms with Crippen molar-refractivity contribution in [1.82, 2.24) is 15.5 Å². The molecule has 1 N–H and O–H groups in total. The van der Waals surface area contributed by atoms with E-state index in [1.165, 1.54) is 11.1 Å². The Morgan fingerprint density at radius 2 is 2.28 bits per heavy atom. The van der Waals surface area contributed by atoms with Crippen molar-refractivity contribution >= 4 is 0 Å². The molecule has 0 bridgehead atoms. The lowest BCUT2D eigenvalue weighted by molar-refractivity contribution is 0.357. The van der Waals surface area contributed by atoms with E-state index in [4.69, 9.17) is 9.26 Å². The standard InChI is InChI=1S/C13H15N3O2/c1-9-15-13(16-18-9)8-14-7-10-2-3-12-11(6-10)4-5-17-12/h2-3,6,14H,4-5,7-8H2,1H3. The lowest BCUT2D eigenvalue weighted by Crippen LogP contribution is -2.13. The van der Waals surface area contributed by atoms with Crippen LogP contribution in [0.1, 0.15) is 22.8 Å². The van der Waals surface area contributed by atoms with Crippen LogP contribution in [0.25, 0.3) is 0 Å². The normalized spacial score (nSPS) is 13.4. The van der Waals surface area contributed by atoms with Crippen LogP contribution >= 0.6 is 0 Å². The number of benzene rings is 1. The van der Waals surface area contributed by atoms with Gasteiger partial charge in [-0.25, -0.2) is 0 Å². The molecule has 0 aliphatic carbocycles. The van der Waals surface area contributed by atoms with Gasteiger partial charge < -0.3 is 14.6 Å². The summed E-state index contributed by atoms with van der Waals surface area (Å²) in [5.41, 5.74) is 2.55. The molecule has 1 aliphatic rings. The predicted octanol–water partition coefficient (Wildman–Crippen LogP) is 1.60. The highest BCUT2D eigenvalue weighted by Gasteiger charge is 2.11. The van der Waals surface area contributed by atoms with Gasteiger partial charge in [0.2, 0.25) is 5.89 Å². The molecule has 2 aromatic rings. The second kappa shape index (κ2) is 4.78. The number of aromatic nitrogens is 2. The summed E-state index contributed by atoms with van der Waals surface area (Å²) < 4.78 is 10.4. The highest BCUT2D eigenvalue weighted by molar-refractivity contribution is 5.39. The molecule has 0 fully saturated rings. The van der Waals surface area contributed by atoms with Crippen LogP contribution < -0.4 is 10.1 Å². The molecule has 0 radical (unpaired) electrons. The number of hydrogen-bond acceptors (Lipinski definition) is 5. The zero-order valence-corrected chi connectivity index (χ0v) is 10.3. The Hall–Kier alpha value is -1.88. The van der Waals surface area contributed by atoms with Gasteiger partial charge in [0.15, 0.2) is 5.82 Å². The summed E-state index contributed by atoms with van der Waals surface area (Å²) in [5.74, 6) is 2.31. The lowest BCUT2D eigenvalue weighted by atomic mass is 10.1. The van der Waals surface area contributed by atoms with Crippen molar-refractivity contribution in [1.29, 1.82) is 0 Å². The van der Waals surface area contributed by atoms with Gasteiger partial charge in [0.05, 0.1) is 13.2 Å². The van der Waals surface area contributed by atoms with Crippen LogP contribution in [0.2, 0.25) is 0 Å². The van der Waals surface area contributed by atoms with Crippen molar-refractivity contribution in [2.24, 2.45) is 0 Å². The summed E-state index contributed by atoms with van der Waals surface area (Å²) in [5, 5.41) is 7.13. The molecule has 0 unspecified atom stereocenters. The Bertz CT molecular complexity index is 551. The molecule has 1 aromatic heterocycles. The maximum atomic E-state index is 5.48. The average molecular weight is 245 g/mol. The van der Waals surface area contributed by atoms with Crippen LogP contribution in [0.4, 0.5) is 0 Å². The number of rotatable bonds is 4. The molecule has 0 saturated carbocycles. The van der Waals surface area contributed by atoms with Gasteiger partial charge in [-0.05, 0) is 17.2 Å². The monoisotopic (exact) mass is 245 g/mol. The molecule has 0 saturated heterocycles. The van der Waals surface area contributed by atoms with Crippen LogP contribution in [0.5, 0.6) is 5.75 Å². The van der Waals surface area contributed by atoms with Crippen LogP contribution in [0.15, 0.2) is 22.7 Å². The third kappa shape index (κ3) is 2.36. The van der Waals surface area contributed by atoms with Crippen LogP contribution in [-0.4, -0.2) is 16.7 Å². The minimum Gasteiger partial charge on any atom is -0.493 e. The molecule has 3 rings (SSSR count). The van der Waals surface area contributed by atoms with Crippen molar-refractivity contribution in [3.8, 4) is 5.75 Å². The molecule has 94 valence electrons. The van der Waals surface area contributed by atoms with E-state index >= 15 is 0 Å². The molecule has 1 aromatic carbocycles. The summed E-state index contributed by atoms with van der Waals surface area (Å²) >= 11 is 0. The number of nitrogens with zero attached hydrogens (tertiary/aromatic N) is 2. The molecule has 0 atom stereocenters. The summed E-state index contributed by atoms with van der Waals surface area (Å²) in [6.45, 7) is 4.00. The summed E-state index contributed by atoms with van der Waals surface area (Å²) in [4.78, 5) is 4.14. The highest BCUT2D eigenvalue weighted by atomic mass is 16.5. The molecule has 5 nitrogen and oxygen atoms in total. The first kappa shape index (κ1) is 11.2. The minimum absolute atomic E-state index is 0.599. The second-order valence-corrected chi connectivity index (χ2v) is 4.37. The number of fused-ring (bicyclic) bond motifs is 1. The smallest absolute Gasteiger partial charge is 0.223 e. The Morgan fingerprint density at radius 1 is 1.33 bits per heavy atom. The van der Waals surface area contributed by atoms with Crippen LogP contribution in [0.3, 0.4) is 0 Å². The molecule has 2 heterocycles. The van der Waals surface area contributed by atoms with Crippen LogP contribution in [-0.2, 0) is 19.5 Å². The molecule has 1 aliphatic heterocycles. The van der Waals surface area contributed by atoms with Gasteiger partial charge >= 0.3 is 0 Å². The van der Waals surface area contributed by atoms with E-state index in [-0.39, 0.29) is 0 Å². The van der Waals surface area contributed by atoms with Gasteiger partial charge in [-0.2, -0.15) is 4.98 Å². The molecule has 0 amide bonds. The van der Waals surface area contributed by atoms with E-state index in [0.29, 0.717) is 18.3 Å². The van der Waals surface area contributed by atoms with Gasteiger partial charge in [-0.3, -0.25) is 0 Å². The van der Waals surface area contributed by atoms with E-state index in [0.717, 1.165) is 25.3 Å². The first-order valence-corrected chi connectivity index (χ1v) is 6.06. The fourth-order valence-electron chi connectivity index (χ4n) is 2.08. The zero-order valence-electron chi connectivity index (χ0n) is 10.3. The minimum atomic E-state index is 0.599. The van der Waals surface area contributed by atoms with Gasteiger partial charge in [0, 0.05) is 19.9 Å². The van der Waals surface area contributed by atoms with Crippen molar-refractivity contribution < 1.29 is 9.26 Å². The molecule has 5 heteroatoms. The van der Waals surface area contributed by atoms with Gasteiger partial charge in [0.1, 0.15) is 5.75 Å². The molecule has 18 heavy (non-hydrogen) atoms. The van der Waals surface area contributed by atoms with Crippen LogP contribution in [0, 0.1) is 6.92 Å². The fourth-order valence-corrected chi connectivity index (χ4v) is 2.08. The fraction of sp³-hybridized carbons (Fsp3) is 0.385. The first-order chi connectivity index (χ1) is 8.81. The number of nitrogens with one attached hydrogen (secondary N) is 1. The Kier molecular flexibility index (Phi) is 2.98. The maximum Gasteiger partial charge on any atom is 0.223 e. The van der Waals surface area contributed by atoms with Crippen molar-refractivity contribution in [3.63, 3.8) is 0 Å². The third-order valence-corrected chi connectivity index (χ3v) is 2.94. The third-order valence-electron chi connectivity index (χ3n) is 2.94. The molecular formula is C13H15N3O2. The quantitative estimate of drug-likeness (QED) is 0.886. The van der Waals surface area contributed by atoms with Crippen molar-refractivity contribution in [3.05, 3.63) is 41.0 Å². The van der Waals surface area contributed by atoms with Crippen molar-refractivity contribution in [2.75, 3.05) is 6.61 Å². The predicted molar refractivity (Wildman–Crippen MR) is 65.2 cm³/mol. The second-order valence-electron chi connectivity index (χ2n) is 4.37. The zero-order chi connectivity index (χ0) is 12.4. The van der Waals surface area contributed by atoms with E-state index < -0.39 is 0 Å². The SMILES string of the molecule is Cc1nc(CNCc2ccc3c(c2)CCO3)no1. The lowest BCUT2D eigenvalue weighted by Gasteiger charge is -2.04.